The van der Waals surface area contributed by atoms with Gasteiger partial charge < -0.3 is 21.1 Å². The van der Waals surface area contributed by atoms with Crippen LogP contribution in [0.25, 0.3) is 0 Å². The third-order valence-electron chi connectivity index (χ3n) is 8.06. The van der Waals surface area contributed by atoms with E-state index in [0.29, 0.717) is 12.8 Å². The molecular formula is C36H71N2O6P. The Bertz CT molecular complexity index is 764. The molecule has 5 N–H and O–H groups in total. The number of phosphoric ester groups is 1. The molecule has 0 saturated carbocycles. The van der Waals surface area contributed by atoms with Gasteiger partial charge in [-0.2, -0.15) is 0 Å². The average molecular weight is 659 g/mol. The SMILES string of the molecule is CCCCC/C=C\C/C=C\CCCCCCCC(=O)NC(COP(=O)(O)OCCN)C(O)CCCCCCCCCCCCC. The molecule has 0 aromatic heterocycles. The quantitative estimate of drug-likeness (QED) is 0.0308. The van der Waals surface area contributed by atoms with Crippen molar-refractivity contribution in [1.29, 1.82) is 0 Å². The smallest absolute Gasteiger partial charge is 0.391 e. The molecular weight excluding hydrogens is 587 g/mol. The van der Waals surface area contributed by atoms with Crippen LogP contribution in [0.5, 0.6) is 0 Å². The van der Waals surface area contributed by atoms with E-state index >= 15 is 0 Å². The number of rotatable bonds is 34. The van der Waals surface area contributed by atoms with Crippen LogP contribution in [0.2, 0.25) is 0 Å². The van der Waals surface area contributed by atoms with Gasteiger partial charge in [-0.1, -0.05) is 141 Å². The van der Waals surface area contributed by atoms with Gasteiger partial charge in [0.05, 0.1) is 25.4 Å². The molecule has 0 aliphatic heterocycles. The zero-order chi connectivity index (χ0) is 33.3. The molecule has 0 bridgehead atoms. The van der Waals surface area contributed by atoms with Crippen LogP contribution in [0.1, 0.15) is 168 Å². The lowest BCUT2D eigenvalue weighted by molar-refractivity contribution is -0.123. The standard InChI is InChI=1S/C36H71N2O6P/c1-3-5-7-9-11-13-15-16-17-18-20-22-24-26-28-30-36(40)38-34(33-44-45(41,42)43-32-31-37)35(39)29-27-25-23-21-19-14-12-10-8-6-4-2/h11,13,16-17,34-35,39H,3-10,12,14-15,18-33,37H2,1-2H3,(H,38,40)(H,41,42)/b13-11-,17-16-. The Kier molecular flexibility index (Phi) is 32.2. The van der Waals surface area contributed by atoms with Gasteiger partial charge in [0.1, 0.15) is 0 Å². The van der Waals surface area contributed by atoms with Gasteiger partial charge in [-0.25, -0.2) is 4.57 Å². The van der Waals surface area contributed by atoms with E-state index in [1.54, 1.807) is 0 Å². The summed E-state index contributed by atoms with van der Waals surface area (Å²) >= 11 is 0. The molecule has 1 amide bonds. The van der Waals surface area contributed by atoms with Crippen molar-refractivity contribution in [1.82, 2.24) is 5.32 Å². The molecule has 3 unspecified atom stereocenters. The lowest BCUT2D eigenvalue weighted by Gasteiger charge is -2.25. The minimum Gasteiger partial charge on any atom is -0.391 e. The number of carbonyl (C=O) groups is 1. The van der Waals surface area contributed by atoms with Crippen LogP contribution in [-0.4, -0.2) is 47.8 Å². The zero-order valence-electron chi connectivity index (χ0n) is 29.1. The fraction of sp³-hybridized carbons (Fsp3) is 0.861. The van der Waals surface area contributed by atoms with Crippen molar-refractivity contribution in [3.63, 3.8) is 0 Å². The van der Waals surface area contributed by atoms with Crippen LogP contribution in [0.15, 0.2) is 24.3 Å². The Balaban J connectivity index is 4.29. The van der Waals surface area contributed by atoms with Gasteiger partial charge >= 0.3 is 7.82 Å². The highest BCUT2D eigenvalue weighted by Gasteiger charge is 2.27. The zero-order valence-corrected chi connectivity index (χ0v) is 30.0. The van der Waals surface area contributed by atoms with Gasteiger partial charge in [-0.3, -0.25) is 13.8 Å². The largest absolute Gasteiger partial charge is 0.472 e. The topological polar surface area (TPSA) is 131 Å². The van der Waals surface area contributed by atoms with Crippen LogP contribution in [-0.2, 0) is 18.4 Å². The maximum absolute atomic E-state index is 12.7. The molecule has 0 aromatic rings. The van der Waals surface area contributed by atoms with Gasteiger partial charge in [0.25, 0.3) is 0 Å². The number of carbonyl (C=O) groups excluding carboxylic acids is 1. The van der Waals surface area contributed by atoms with Crippen molar-refractivity contribution in [3.8, 4) is 0 Å². The number of phosphoric acid groups is 1. The molecule has 0 rings (SSSR count). The number of aliphatic hydroxyl groups excluding tert-OH is 1. The van der Waals surface area contributed by atoms with E-state index in [1.165, 1.54) is 77.0 Å². The molecule has 45 heavy (non-hydrogen) atoms. The molecule has 0 spiro atoms. The number of amides is 1. The number of hydrogen-bond donors (Lipinski definition) is 4. The number of hydrogen-bond acceptors (Lipinski definition) is 6. The lowest BCUT2D eigenvalue weighted by Crippen LogP contribution is -2.46. The Morgan fingerprint density at radius 3 is 1.80 bits per heavy atom. The highest BCUT2D eigenvalue weighted by atomic mass is 31.2. The Labute approximate surface area is 277 Å². The van der Waals surface area contributed by atoms with E-state index in [0.717, 1.165) is 64.2 Å². The Morgan fingerprint density at radius 1 is 0.733 bits per heavy atom. The number of nitrogens with one attached hydrogen (secondary N) is 1. The number of allylic oxidation sites excluding steroid dienone is 4. The van der Waals surface area contributed by atoms with E-state index in [1.807, 2.05) is 0 Å². The summed E-state index contributed by atoms with van der Waals surface area (Å²) in [6, 6.07) is -0.777. The van der Waals surface area contributed by atoms with Crippen molar-refractivity contribution in [2.75, 3.05) is 19.8 Å². The van der Waals surface area contributed by atoms with Crippen molar-refractivity contribution >= 4 is 13.7 Å². The highest BCUT2D eigenvalue weighted by molar-refractivity contribution is 7.47. The monoisotopic (exact) mass is 659 g/mol. The number of unbranched alkanes of at least 4 members (excludes halogenated alkanes) is 18. The molecule has 9 heteroatoms. The van der Waals surface area contributed by atoms with Crippen molar-refractivity contribution in [2.45, 2.75) is 180 Å². The average Bonchev–Trinajstić information content (AvgIpc) is 3.02. The number of nitrogens with two attached hydrogens (primary N) is 1. The van der Waals surface area contributed by atoms with Gasteiger partial charge in [0.2, 0.25) is 5.91 Å². The molecule has 0 heterocycles. The summed E-state index contributed by atoms with van der Waals surface area (Å²) < 4.78 is 22.0. The van der Waals surface area contributed by atoms with E-state index in [2.05, 4.69) is 43.5 Å². The van der Waals surface area contributed by atoms with Crippen LogP contribution in [0.4, 0.5) is 0 Å². The van der Waals surface area contributed by atoms with Crippen LogP contribution < -0.4 is 11.1 Å². The molecule has 0 aromatic carbocycles. The molecule has 0 radical (unpaired) electrons. The first-order valence-corrected chi connectivity index (χ1v) is 19.9. The molecule has 8 nitrogen and oxygen atoms in total. The predicted octanol–water partition coefficient (Wildman–Crippen LogP) is 9.44. The molecule has 0 aliphatic carbocycles. The minimum atomic E-state index is -4.31. The predicted molar refractivity (Wildman–Crippen MR) is 189 cm³/mol. The van der Waals surface area contributed by atoms with Gasteiger partial charge in [0.15, 0.2) is 0 Å². The highest BCUT2D eigenvalue weighted by Crippen LogP contribution is 2.43. The van der Waals surface area contributed by atoms with E-state index in [-0.39, 0.29) is 25.7 Å². The summed E-state index contributed by atoms with van der Waals surface area (Å²) in [5.74, 6) is -0.178. The normalized spacial score (nSPS) is 14.7. The van der Waals surface area contributed by atoms with Crippen LogP contribution >= 0.6 is 7.82 Å². The molecule has 0 saturated heterocycles. The summed E-state index contributed by atoms with van der Waals surface area (Å²) in [5, 5.41) is 13.7. The Morgan fingerprint density at radius 2 is 1.22 bits per heavy atom. The van der Waals surface area contributed by atoms with Crippen molar-refractivity contribution in [3.05, 3.63) is 24.3 Å². The number of aliphatic hydroxyl groups is 1. The van der Waals surface area contributed by atoms with Gasteiger partial charge in [-0.05, 0) is 44.9 Å². The van der Waals surface area contributed by atoms with Crippen LogP contribution in [0, 0.1) is 0 Å². The molecule has 266 valence electrons. The summed E-state index contributed by atoms with van der Waals surface area (Å²) in [5.41, 5.74) is 5.35. The summed E-state index contributed by atoms with van der Waals surface area (Å²) in [4.78, 5) is 22.6. The Hall–Kier alpha value is -1.02. The van der Waals surface area contributed by atoms with Crippen LogP contribution in [0.3, 0.4) is 0 Å². The molecule has 0 aliphatic rings. The first-order valence-electron chi connectivity index (χ1n) is 18.5. The maximum atomic E-state index is 12.7. The van der Waals surface area contributed by atoms with Gasteiger partial charge in [-0.15, -0.1) is 0 Å². The second kappa shape index (κ2) is 32.9. The maximum Gasteiger partial charge on any atom is 0.472 e. The first kappa shape index (κ1) is 44.0. The van der Waals surface area contributed by atoms with Crippen molar-refractivity contribution in [2.24, 2.45) is 5.73 Å². The molecule has 3 atom stereocenters. The van der Waals surface area contributed by atoms with Crippen molar-refractivity contribution < 1.29 is 28.4 Å². The lowest BCUT2D eigenvalue weighted by atomic mass is 10.0. The third kappa shape index (κ3) is 31.4. The second-order valence-electron chi connectivity index (χ2n) is 12.4. The third-order valence-corrected chi connectivity index (χ3v) is 9.04. The van der Waals surface area contributed by atoms with E-state index < -0.39 is 20.0 Å². The second-order valence-corrected chi connectivity index (χ2v) is 13.9. The first-order chi connectivity index (χ1) is 21.9. The summed E-state index contributed by atoms with van der Waals surface area (Å²) in [6.07, 6.45) is 34.6. The van der Waals surface area contributed by atoms with Gasteiger partial charge in [0, 0.05) is 13.0 Å². The fourth-order valence-electron chi connectivity index (χ4n) is 5.22. The summed E-state index contributed by atoms with van der Waals surface area (Å²) in [7, 11) is -4.31. The molecule has 0 fully saturated rings. The fourth-order valence-corrected chi connectivity index (χ4v) is 5.98. The minimum absolute atomic E-state index is 0.0864. The van der Waals surface area contributed by atoms with E-state index in [4.69, 9.17) is 14.8 Å². The van der Waals surface area contributed by atoms with E-state index in [9.17, 15) is 19.4 Å². The summed E-state index contributed by atoms with van der Waals surface area (Å²) in [6.45, 7) is 4.14.